The number of aromatic nitrogens is 1. The molecule has 22 heavy (non-hydrogen) atoms. The van der Waals surface area contributed by atoms with Gasteiger partial charge in [0, 0.05) is 24.0 Å². The molecule has 2 aromatic rings. The number of nitrogens with zero attached hydrogens (tertiary/aromatic N) is 1. The second-order valence-electron chi connectivity index (χ2n) is 5.24. The van der Waals surface area contributed by atoms with Crippen molar-refractivity contribution in [3.05, 3.63) is 54.4 Å². The van der Waals surface area contributed by atoms with Crippen LogP contribution in [0.15, 0.2) is 48.8 Å². The quantitative estimate of drug-likeness (QED) is 0.862. The maximum atomic E-state index is 12.2. The molecule has 4 heteroatoms. The van der Waals surface area contributed by atoms with Gasteiger partial charge in [0.25, 0.3) is 0 Å². The van der Waals surface area contributed by atoms with Crippen LogP contribution in [0.2, 0.25) is 0 Å². The van der Waals surface area contributed by atoms with Crippen LogP contribution in [0, 0.1) is 18.3 Å². The Morgan fingerprint density at radius 2 is 2.18 bits per heavy atom. The van der Waals surface area contributed by atoms with Crippen molar-refractivity contribution >= 4 is 11.6 Å². The summed E-state index contributed by atoms with van der Waals surface area (Å²) in [5.41, 5.74) is 1.88. The van der Waals surface area contributed by atoms with E-state index in [0.717, 1.165) is 17.7 Å². The van der Waals surface area contributed by atoms with Crippen LogP contribution in [0.4, 0.5) is 5.69 Å². The van der Waals surface area contributed by atoms with E-state index in [1.807, 2.05) is 30.5 Å². The highest BCUT2D eigenvalue weighted by atomic mass is 16.5. The van der Waals surface area contributed by atoms with Crippen LogP contribution in [-0.2, 0) is 4.79 Å². The van der Waals surface area contributed by atoms with Crippen LogP contribution in [0.5, 0.6) is 5.75 Å². The minimum atomic E-state index is 0.0292. The molecule has 1 aromatic carbocycles. The Bertz CT molecular complexity index is 689. The summed E-state index contributed by atoms with van der Waals surface area (Å²) in [6.45, 7) is 0.237. The van der Waals surface area contributed by atoms with Crippen LogP contribution < -0.4 is 10.1 Å². The lowest BCUT2D eigenvalue weighted by atomic mass is 10.1. The monoisotopic (exact) mass is 292 g/mol. The van der Waals surface area contributed by atoms with Crippen molar-refractivity contribution < 1.29 is 9.53 Å². The number of ether oxygens (including phenoxy) is 1. The van der Waals surface area contributed by atoms with Gasteiger partial charge in [0.2, 0.25) is 5.91 Å². The lowest BCUT2D eigenvalue weighted by Crippen LogP contribution is -2.14. The Labute approximate surface area is 129 Å². The first-order chi connectivity index (χ1) is 10.8. The van der Waals surface area contributed by atoms with Gasteiger partial charge in [0.1, 0.15) is 12.4 Å². The van der Waals surface area contributed by atoms with E-state index in [2.05, 4.69) is 16.2 Å². The van der Waals surface area contributed by atoms with Gasteiger partial charge in [-0.15, -0.1) is 6.42 Å². The van der Waals surface area contributed by atoms with Gasteiger partial charge in [0.15, 0.2) is 0 Å². The van der Waals surface area contributed by atoms with E-state index in [9.17, 15) is 4.79 Å². The summed E-state index contributed by atoms with van der Waals surface area (Å²) >= 11 is 0. The van der Waals surface area contributed by atoms with Gasteiger partial charge < -0.3 is 10.1 Å². The maximum Gasteiger partial charge on any atom is 0.228 e. The average Bonchev–Trinajstić information content (AvgIpc) is 3.36. The predicted octanol–water partition coefficient (Wildman–Crippen LogP) is 2.84. The van der Waals surface area contributed by atoms with Crippen LogP contribution in [0.25, 0.3) is 0 Å². The van der Waals surface area contributed by atoms with Crippen molar-refractivity contribution in [1.29, 1.82) is 0 Å². The third kappa shape index (κ3) is 3.26. The number of benzene rings is 1. The molecule has 0 radical (unpaired) electrons. The highest BCUT2D eigenvalue weighted by Gasteiger charge is 2.44. The number of nitrogens with one attached hydrogen (secondary N) is 1. The van der Waals surface area contributed by atoms with Crippen molar-refractivity contribution in [1.82, 2.24) is 4.98 Å². The molecule has 1 aliphatic rings. The smallest absolute Gasteiger partial charge is 0.228 e. The van der Waals surface area contributed by atoms with E-state index in [1.54, 1.807) is 18.3 Å². The van der Waals surface area contributed by atoms with Gasteiger partial charge >= 0.3 is 0 Å². The van der Waals surface area contributed by atoms with Gasteiger partial charge in [-0.2, -0.15) is 0 Å². The second-order valence-corrected chi connectivity index (χ2v) is 5.24. The van der Waals surface area contributed by atoms with E-state index < -0.39 is 0 Å². The highest BCUT2D eigenvalue weighted by Crippen LogP contribution is 2.47. The molecule has 1 aliphatic carbocycles. The molecular formula is C18H16N2O2. The van der Waals surface area contributed by atoms with Crippen LogP contribution in [0.1, 0.15) is 17.9 Å². The molecule has 2 atom stereocenters. The Morgan fingerprint density at radius 1 is 1.36 bits per heavy atom. The first-order valence-corrected chi connectivity index (χ1v) is 7.15. The molecule has 110 valence electrons. The summed E-state index contributed by atoms with van der Waals surface area (Å²) < 4.78 is 5.29. The van der Waals surface area contributed by atoms with E-state index in [-0.39, 0.29) is 24.3 Å². The third-order valence-electron chi connectivity index (χ3n) is 3.68. The molecule has 0 aliphatic heterocycles. The Kier molecular flexibility index (Phi) is 4.06. The van der Waals surface area contributed by atoms with Gasteiger partial charge in [-0.25, -0.2) is 0 Å². The SMILES string of the molecule is C#CCOc1ccc(NC(=O)[C@H]2C[C@@H]2c2cccnc2)cc1. The third-order valence-corrected chi connectivity index (χ3v) is 3.68. The summed E-state index contributed by atoms with van der Waals surface area (Å²) in [5.74, 6) is 3.46. The molecule has 1 fully saturated rings. The van der Waals surface area contributed by atoms with Crippen molar-refractivity contribution in [2.45, 2.75) is 12.3 Å². The zero-order chi connectivity index (χ0) is 15.4. The van der Waals surface area contributed by atoms with Crippen molar-refractivity contribution in [3.63, 3.8) is 0 Å². The number of hydrogen-bond donors (Lipinski definition) is 1. The largest absolute Gasteiger partial charge is 0.481 e. The number of amides is 1. The number of anilines is 1. The second kappa shape index (κ2) is 6.31. The van der Waals surface area contributed by atoms with E-state index in [1.165, 1.54) is 0 Å². The molecule has 0 unspecified atom stereocenters. The normalized spacial score (nSPS) is 19.0. The molecule has 0 spiro atoms. The van der Waals surface area contributed by atoms with Crippen molar-refractivity contribution in [3.8, 4) is 18.1 Å². The van der Waals surface area contributed by atoms with Crippen molar-refractivity contribution in [2.75, 3.05) is 11.9 Å². The Balaban J connectivity index is 1.56. The summed E-state index contributed by atoms with van der Waals surface area (Å²) in [6.07, 6.45) is 9.58. The number of rotatable bonds is 5. The first kappa shape index (κ1) is 14.2. The zero-order valence-electron chi connectivity index (χ0n) is 12.0. The number of carbonyl (C=O) groups excluding carboxylic acids is 1. The minimum absolute atomic E-state index is 0.0292. The van der Waals surface area contributed by atoms with Gasteiger partial charge in [0.05, 0.1) is 0 Å². The molecule has 1 N–H and O–H groups in total. The van der Waals surface area contributed by atoms with Crippen LogP contribution in [0.3, 0.4) is 0 Å². The maximum absolute atomic E-state index is 12.2. The first-order valence-electron chi connectivity index (χ1n) is 7.15. The van der Waals surface area contributed by atoms with E-state index in [0.29, 0.717) is 5.75 Å². The summed E-state index contributed by atoms with van der Waals surface area (Å²) in [4.78, 5) is 16.3. The zero-order valence-corrected chi connectivity index (χ0v) is 12.0. The number of hydrogen-bond acceptors (Lipinski definition) is 3. The topological polar surface area (TPSA) is 51.2 Å². The fourth-order valence-corrected chi connectivity index (χ4v) is 2.44. The van der Waals surface area contributed by atoms with Gasteiger partial charge in [-0.1, -0.05) is 12.0 Å². The van der Waals surface area contributed by atoms with Gasteiger partial charge in [-0.3, -0.25) is 9.78 Å². The lowest BCUT2D eigenvalue weighted by Gasteiger charge is -2.07. The number of carbonyl (C=O) groups is 1. The molecule has 4 nitrogen and oxygen atoms in total. The van der Waals surface area contributed by atoms with E-state index in [4.69, 9.17) is 11.2 Å². The molecule has 0 saturated heterocycles. The Hall–Kier alpha value is -2.80. The van der Waals surface area contributed by atoms with Crippen LogP contribution in [-0.4, -0.2) is 17.5 Å². The fourth-order valence-electron chi connectivity index (χ4n) is 2.44. The minimum Gasteiger partial charge on any atom is -0.481 e. The van der Waals surface area contributed by atoms with Gasteiger partial charge in [-0.05, 0) is 48.2 Å². The highest BCUT2D eigenvalue weighted by molar-refractivity contribution is 5.95. The summed E-state index contributed by atoms with van der Waals surface area (Å²) in [6, 6.07) is 11.1. The molecular weight excluding hydrogens is 276 g/mol. The predicted molar refractivity (Wildman–Crippen MR) is 84.5 cm³/mol. The lowest BCUT2D eigenvalue weighted by molar-refractivity contribution is -0.117. The average molecular weight is 292 g/mol. The Morgan fingerprint density at radius 3 is 2.86 bits per heavy atom. The summed E-state index contributed by atoms with van der Waals surface area (Å²) in [5, 5.41) is 2.93. The molecule has 3 rings (SSSR count). The molecule has 1 saturated carbocycles. The summed E-state index contributed by atoms with van der Waals surface area (Å²) in [7, 11) is 0. The standard InChI is InChI=1S/C18H16N2O2/c1-2-10-22-15-7-5-14(6-8-15)20-18(21)17-11-16(17)13-4-3-9-19-12-13/h1,3-9,12,16-17H,10-11H2,(H,20,21)/t16-,17+/m1/s1. The molecule has 0 bridgehead atoms. The molecule has 1 aromatic heterocycles. The fraction of sp³-hybridized carbons (Fsp3) is 0.222. The van der Waals surface area contributed by atoms with Crippen molar-refractivity contribution in [2.24, 2.45) is 5.92 Å². The van der Waals surface area contributed by atoms with E-state index >= 15 is 0 Å². The van der Waals surface area contributed by atoms with Crippen LogP contribution >= 0.6 is 0 Å². The number of terminal acetylenes is 1. The number of pyridine rings is 1. The molecule has 1 amide bonds. The molecule has 1 heterocycles.